The topological polar surface area (TPSA) is 82.1 Å². The number of hydrogen-bond donors (Lipinski definition) is 1. The zero-order chi connectivity index (χ0) is 14.2. The molecule has 0 heterocycles. The summed E-state index contributed by atoms with van der Waals surface area (Å²) in [5.74, 6) is -0.351. The monoisotopic (exact) mass is 282 g/mol. The lowest BCUT2D eigenvalue weighted by Crippen LogP contribution is -2.26. The van der Waals surface area contributed by atoms with Crippen molar-refractivity contribution in [1.29, 1.82) is 0 Å². The van der Waals surface area contributed by atoms with E-state index in [2.05, 4.69) is 9.05 Å². The van der Waals surface area contributed by atoms with Crippen LogP contribution in [0.15, 0.2) is 0 Å². The molecule has 0 aromatic carbocycles. The first-order chi connectivity index (χ1) is 8.25. The first-order valence-corrected chi connectivity index (χ1v) is 7.54. The van der Waals surface area contributed by atoms with E-state index in [0.29, 0.717) is 12.8 Å². The minimum atomic E-state index is -4.01. The predicted molar refractivity (Wildman–Crippen MR) is 67.1 cm³/mol. The van der Waals surface area contributed by atoms with Gasteiger partial charge in [-0.15, -0.1) is 0 Å². The summed E-state index contributed by atoms with van der Waals surface area (Å²) >= 11 is 0. The Kier molecular flexibility index (Phi) is 7.71. The molecule has 0 aliphatic rings. The smallest absolute Gasteiger partial charge is 0.463 e. The number of hydrogen-bond acceptors (Lipinski definition) is 5. The van der Waals surface area contributed by atoms with E-state index < -0.39 is 13.2 Å². The molecule has 7 heteroatoms. The van der Waals surface area contributed by atoms with Gasteiger partial charge in [0.2, 0.25) is 0 Å². The normalized spacial score (nSPS) is 15.2. The van der Waals surface area contributed by atoms with Crippen LogP contribution < -0.4 is 0 Å². The van der Waals surface area contributed by atoms with Crippen LogP contribution in [-0.4, -0.2) is 30.7 Å². The first kappa shape index (κ1) is 17.6. The Balaban J connectivity index is 3.87. The Morgan fingerprint density at radius 3 is 2.22 bits per heavy atom. The van der Waals surface area contributed by atoms with Gasteiger partial charge in [0.05, 0.1) is 18.6 Å². The maximum atomic E-state index is 11.6. The molecular formula is C11H23O6P. The van der Waals surface area contributed by atoms with Gasteiger partial charge in [-0.2, -0.15) is 0 Å². The van der Waals surface area contributed by atoms with Gasteiger partial charge in [0.15, 0.2) is 0 Å². The van der Waals surface area contributed by atoms with Gasteiger partial charge in [-0.1, -0.05) is 13.8 Å². The first-order valence-electron chi connectivity index (χ1n) is 6.04. The molecule has 0 aromatic heterocycles. The van der Waals surface area contributed by atoms with Crippen molar-refractivity contribution >= 4 is 13.8 Å². The maximum absolute atomic E-state index is 11.6. The molecule has 1 unspecified atom stereocenters. The molecule has 0 rings (SSSR count). The van der Waals surface area contributed by atoms with Gasteiger partial charge in [0.1, 0.15) is 6.61 Å². The number of carbonyl (C=O) groups is 1. The van der Waals surface area contributed by atoms with Crippen LogP contribution in [0.3, 0.4) is 0 Å². The van der Waals surface area contributed by atoms with E-state index in [1.54, 1.807) is 13.8 Å². The summed E-state index contributed by atoms with van der Waals surface area (Å²) in [6.07, 6.45) is 1.28. The molecule has 0 fully saturated rings. The van der Waals surface area contributed by atoms with E-state index in [1.807, 2.05) is 13.8 Å². The number of rotatable bonds is 9. The molecule has 1 atom stereocenters. The Morgan fingerprint density at radius 2 is 1.72 bits per heavy atom. The van der Waals surface area contributed by atoms with Gasteiger partial charge >= 0.3 is 13.8 Å². The fourth-order valence-electron chi connectivity index (χ4n) is 0.871. The maximum Gasteiger partial charge on any atom is 0.472 e. The second kappa shape index (κ2) is 7.89. The Bertz CT molecular complexity index is 302. The minimum absolute atomic E-state index is 0.0672. The quantitative estimate of drug-likeness (QED) is 0.397. The molecule has 0 aliphatic heterocycles. The fourth-order valence-corrected chi connectivity index (χ4v) is 1.66. The number of carbonyl (C=O) groups excluding carboxylic acids is 1. The van der Waals surface area contributed by atoms with Crippen molar-refractivity contribution < 1.29 is 28.0 Å². The van der Waals surface area contributed by atoms with Crippen LogP contribution in [-0.2, 0) is 23.1 Å². The molecule has 108 valence electrons. The van der Waals surface area contributed by atoms with Crippen molar-refractivity contribution in [3.05, 3.63) is 0 Å². The summed E-state index contributed by atoms with van der Waals surface area (Å²) < 4.78 is 25.4. The molecule has 0 aliphatic carbocycles. The molecule has 0 bridgehead atoms. The van der Waals surface area contributed by atoms with Crippen molar-refractivity contribution in [2.24, 2.45) is 5.41 Å². The van der Waals surface area contributed by atoms with Gasteiger partial charge in [-0.05, 0) is 26.7 Å². The molecule has 6 nitrogen and oxygen atoms in total. The Hall–Kier alpha value is -0.420. The highest BCUT2D eigenvalue weighted by atomic mass is 31.2. The van der Waals surface area contributed by atoms with Crippen molar-refractivity contribution in [2.75, 3.05) is 19.8 Å². The summed E-state index contributed by atoms with van der Waals surface area (Å²) in [6.45, 7) is 7.17. The molecule has 0 amide bonds. The Labute approximate surface area is 108 Å². The molecule has 0 radical (unpaired) electrons. The standard InChI is InChI=1S/C11H23O6P/c1-5-7-16-18(13,14)17-9-8-15-10(12)11(3,4)6-2/h5-9H2,1-4H3,(H,13,14). The lowest BCUT2D eigenvalue weighted by Gasteiger charge is -2.20. The molecule has 0 aromatic rings. The summed E-state index contributed by atoms with van der Waals surface area (Å²) in [5.41, 5.74) is -0.554. The average Bonchev–Trinajstić information content (AvgIpc) is 2.31. The highest BCUT2D eigenvalue weighted by Gasteiger charge is 2.27. The highest BCUT2D eigenvalue weighted by Crippen LogP contribution is 2.42. The number of phosphoric ester groups is 1. The molecule has 0 spiro atoms. The molecule has 0 saturated heterocycles. The molecule has 18 heavy (non-hydrogen) atoms. The lowest BCUT2D eigenvalue weighted by atomic mass is 9.91. The van der Waals surface area contributed by atoms with Crippen LogP contribution in [0.5, 0.6) is 0 Å². The fraction of sp³-hybridized carbons (Fsp3) is 0.909. The van der Waals surface area contributed by atoms with Gasteiger partial charge < -0.3 is 9.63 Å². The van der Waals surface area contributed by atoms with Crippen LogP contribution in [0.1, 0.15) is 40.5 Å². The summed E-state index contributed by atoms with van der Waals surface area (Å²) in [5, 5.41) is 0. The number of ether oxygens (including phenoxy) is 1. The van der Waals surface area contributed by atoms with E-state index in [9.17, 15) is 14.3 Å². The van der Waals surface area contributed by atoms with E-state index in [4.69, 9.17) is 4.74 Å². The van der Waals surface area contributed by atoms with Gasteiger partial charge in [0, 0.05) is 0 Å². The third-order valence-corrected chi connectivity index (χ3v) is 3.48. The Morgan fingerprint density at radius 1 is 1.17 bits per heavy atom. The third kappa shape index (κ3) is 7.11. The summed E-state index contributed by atoms with van der Waals surface area (Å²) in [6, 6.07) is 0. The van der Waals surface area contributed by atoms with Gasteiger partial charge in [-0.3, -0.25) is 13.8 Å². The van der Waals surface area contributed by atoms with Crippen molar-refractivity contribution in [3.63, 3.8) is 0 Å². The predicted octanol–water partition coefficient (Wildman–Crippen LogP) is 2.51. The lowest BCUT2D eigenvalue weighted by molar-refractivity contribution is -0.155. The minimum Gasteiger partial charge on any atom is -0.463 e. The number of esters is 1. The van der Waals surface area contributed by atoms with Crippen LogP contribution in [0, 0.1) is 5.41 Å². The second-order valence-corrected chi connectivity index (χ2v) is 5.96. The summed E-state index contributed by atoms with van der Waals surface area (Å²) in [7, 11) is -4.01. The van der Waals surface area contributed by atoms with Crippen molar-refractivity contribution in [1.82, 2.24) is 0 Å². The van der Waals surface area contributed by atoms with Gasteiger partial charge in [-0.25, -0.2) is 4.57 Å². The number of phosphoric acid groups is 1. The molecule has 0 saturated carbocycles. The summed E-state index contributed by atoms with van der Waals surface area (Å²) in [4.78, 5) is 20.7. The third-order valence-electron chi connectivity index (χ3n) is 2.47. The molecule has 1 N–H and O–H groups in total. The zero-order valence-corrected chi connectivity index (χ0v) is 12.4. The van der Waals surface area contributed by atoms with E-state index in [-0.39, 0.29) is 25.8 Å². The average molecular weight is 282 g/mol. The van der Waals surface area contributed by atoms with Crippen LogP contribution in [0.4, 0.5) is 0 Å². The zero-order valence-electron chi connectivity index (χ0n) is 11.5. The van der Waals surface area contributed by atoms with Crippen molar-refractivity contribution in [2.45, 2.75) is 40.5 Å². The van der Waals surface area contributed by atoms with Crippen LogP contribution in [0.25, 0.3) is 0 Å². The molecular weight excluding hydrogens is 259 g/mol. The van der Waals surface area contributed by atoms with Gasteiger partial charge in [0.25, 0.3) is 0 Å². The largest absolute Gasteiger partial charge is 0.472 e. The van der Waals surface area contributed by atoms with E-state index in [0.717, 1.165) is 0 Å². The van der Waals surface area contributed by atoms with Crippen molar-refractivity contribution in [3.8, 4) is 0 Å². The SMILES string of the molecule is CCCOP(=O)(O)OCCOC(=O)C(C)(C)CC. The highest BCUT2D eigenvalue weighted by molar-refractivity contribution is 7.47. The van der Waals surface area contributed by atoms with E-state index >= 15 is 0 Å². The van der Waals surface area contributed by atoms with Crippen LogP contribution in [0.2, 0.25) is 0 Å². The van der Waals surface area contributed by atoms with E-state index in [1.165, 1.54) is 0 Å². The second-order valence-electron chi connectivity index (χ2n) is 4.51. The van der Waals surface area contributed by atoms with Crippen LogP contribution >= 0.6 is 7.82 Å².